The molecule has 1 aliphatic rings. The van der Waals surface area contributed by atoms with Crippen molar-refractivity contribution < 1.29 is 4.74 Å². The molecule has 88 valence electrons. The Labute approximate surface area is 102 Å². The number of anilines is 1. The fourth-order valence-corrected chi connectivity index (χ4v) is 2.53. The summed E-state index contributed by atoms with van der Waals surface area (Å²) in [5, 5.41) is 2.71. The van der Waals surface area contributed by atoms with Crippen molar-refractivity contribution in [2.45, 2.75) is 6.92 Å². The first-order chi connectivity index (χ1) is 8.36. The first kappa shape index (κ1) is 10.6. The second-order valence-corrected chi connectivity index (χ2v) is 4.55. The van der Waals surface area contributed by atoms with Crippen LogP contribution in [0.15, 0.2) is 36.4 Å². The molecular weight excluding hydrogens is 210 g/mol. The second-order valence-electron chi connectivity index (χ2n) is 4.55. The zero-order chi connectivity index (χ0) is 11.7. The van der Waals surface area contributed by atoms with E-state index in [0.29, 0.717) is 0 Å². The molecule has 2 nitrogen and oxygen atoms in total. The first-order valence-corrected chi connectivity index (χ1v) is 6.17. The molecule has 1 saturated heterocycles. The number of nitrogens with zero attached hydrogens (tertiary/aromatic N) is 1. The van der Waals surface area contributed by atoms with Gasteiger partial charge in [-0.3, -0.25) is 0 Å². The number of hydrogen-bond acceptors (Lipinski definition) is 2. The Balaban J connectivity index is 2.12. The van der Waals surface area contributed by atoms with Crippen LogP contribution in [0.1, 0.15) is 5.56 Å². The maximum Gasteiger partial charge on any atom is 0.0642 e. The minimum absolute atomic E-state index is 0.836. The van der Waals surface area contributed by atoms with E-state index in [1.165, 1.54) is 22.0 Å². The molecule has 1 heterocycles. The van der Waals surface area contributed by atoms with E-state index in [-0.39, 0.29) is 0 Å². The first-order valence-electron chi connectivity index (χ1n) is 6.17. The van der Waals surface area contributed by atoms with Gasteiger partial charge in [-0.15, -0.1) is 0 Å². The Kier molecular flexibility index (Phi) is 2.73. The highest BCUT2D eigenvalue weighted by atomic mass is 16.5. The summed E-state index contributed by atoms with van der Waals surface area (Å²) in [7, 11) is 0. The SMILES string of the molecule is Cc1cccc2c(N3CCOCC3)cccc12. The van der Waals surface area contributed by atoms with Crippen molar-refractivity contribution in [1.82, 2.24) is 0 Å². The third-order valence-electron chi connectivity index (χ3n) is 3.47. The number of ether oxygens (including phenoxy) is 1. The molecular formula is C15H17NO. The molecule has 0 atom stereocenters. The quantitative estimate of drug-likeness (QED) is 0.742. The van der Waals surface area contributed by atoms with Gasteiger partial charge in [-0.25, -0.2) is 0 Å². The van der Waals surface area contributed by atoms with Gasteiger partial charge in [0.25, 0.3) is 0 Å². The lowest BCUT2D eigenvalue weighted by Crippen LogP contribution is -2.36. The minimum Gasteiger partial charge on any atom is -0.378 e. The van der Waals surface area contributed by atoms with Crippen LogP contribution in [0.25, 0.3) is 10.8 Å². The average molecular weight is 227 g/mol. The molecule has 0 saturated carbocycles. The monoisotopic (exact) mass is 227 g/mol. The molecule has 1 aliphatic heterocycles. The number of aryl methyl sites for hydroxylation is 1. The number of fused-ring (bicyclic) bond motifs is 1. The fraction of sp³-hybridized carbons (Fsp3) is 0.333. The average Bonchev–Trinajstić information content (AvgIpc) is 2.40. The molecule has 0 aromatic heterocycles. The van der Waals surface area contributed by atoms with E-state index in [0.717, 1.165) is 26.3 Å². The lowest BCUT2D eigenvalue weighted by Gasteiger charge is -2.30. The second kappa shape index (κ2) is 4.38. The topological polar surface area (TPSA) is 12.5 Å². The van der Waals surface area contributed by atoms with Crippen LogP contribution in [0.4, 0.5) is 5.69 Å². The van der Waals surface area contributed by atoms with Crippen LogP contribution in [0.2, 0.25) is 0 Å². The maximum atomic E-state index is 5.42. The Hall–Kier alpha value is -1.54. The van der Waals surface area contributed by atoms with E-state index < -0.39 is 0 Å². The Morgan fingerprint density at radius 1 is 0.941 bits per heavy atom. The van der Waals surface area contributed by atoms with Gasteiger partial charge in [0.15, 0.2) is 0 Å². The van der Waals surface area contributed by atoms with Crippen LogP contribution in [0.5, 0.6) is 0 Å². The summed E-state index contributed by atoms with van der Waals surface area (Å²) in [5.74, 6) is 0. The summed E-state index contributed by atoms with van der Waals surface area (Å²) < 4.78 is 5.42. The van der Waals surface area contributed by atoms with Crippen LogP contribution in [0.3, 0.4) is 0 Å². The van der Waals surface area contributed by atoms with Gasteiger partial charge in [-0.1, -0.05) is 30.3 Å². The zero-order valence-corrected chi connectivity index (χ0v) is 10.1. The number of hydrogen-bond donors (Lipinski definition) is 0. The molecule has 0 radical (unpaired) electrons. The Morgan fingerprint density at radius 3 is 2.47 bits per heavy atom. The number of rotatable bonds is 1. The van der Waals surface area contributed by atoms with Crippen LogP contribution < -0.4 is 4.90 Å². The number of benzene rings is 2. The maximum absolute atomic E-state index is 5.42. The van der Waals surface area contributed by atoms with Gasteiger partial charge in [0, 0.05) is 24.2 Å². The van der Waals surface area contributed by atoms with Crippen molar-refractivity contribution in [2.24, 2.45) is 0 Å². The van der Waals surface area contributed by atoms with E-state index in [1.54, 1.807) is 0 Å². The van der Waals surface area contributed by atoms with E-state index in [4.69, 9.17) is 4.74 Å². The van der Waals surface area contributed by atoms with Crippen molar-refractivity contribution in [1.29, 1.82) is 0 Å². The van der Waals surface area contributed by atoms with Gasteiger partial charge in [0.1, 0.15) is 0 Å². The summed E-state index contributed by atoms with van der Waals surface area (Å²) >= 11 is 0. The van der Waals surface area contributed by atoms with Crippen molar-refractivity contribution in [3.8, 4) is 0 Å². The molecule has 0 bridgehead atoms. The largest absolute Gasteiger partial charge is 0.378 e. The van der Waals surface area contributed by atoms with Crippen LogP contribution in [-0.4, -0.2) is 26.3 Å². The molecule has 1 fully saturated rings. The molecule has 3 rings (SSSR count). The fourth-order valence-electron chi connectivity index (χ4n) is 2.53. The predicted octanol–water partition coefficient (Wildman–Crippen LogP) is 2.98. The highest BCUT2D eigenvalue weighted by molar-refractivity contribution is 5.96. The summed E-state index contributed by atoms with van der Waals surface area (Å²) in [5.41, 5.74) is 2.69. The molecule has 0 spiro atoms. The zero-order valence-electron chi connectivity index (χ0n) is 10.1. The smallest absolute Gasteiger partial charge is 0.0642 e. The summed E-state index contributed by atoms with van der Waals surface area (Å²) in [4.78, 5) is 2.42. The standard InChI is InChI=1S/C15H17NO/c1-12-4-2-6-14-13(12)5-3-7-15(14)16-8-10-17-11-9-16/h2-7H,8-11H2,1H3. The van der Waals surface area contributed by atoms with Gasteiger partial charge >= 0.3 is 0 Å². The van der Waals surface area contributed by atoms with Gasteiger partial charge in [0.05, 0.1) is 13.2 Å². The molecule has 17 heavy (non-hydrogen) atoms. The van der Waals surface area contributed by atoms with Gasteiger partial charge in [0.2, 0.25) is 0 Å². The van der Waals surface area contributed by atoms with E-state index >= 15 is 0 Å². The predicted molar refractivity (Wildman–Crippen MR) is 71.7 cm³/mol. The highest BCUT2D eigenvalue weighted by Gasteiger charge is 2.13. The van der Waals surface area contributed by atoms with Gasteiger partial charge in [-0.2, -0.15) is 0 Å². The third-order valence-corrected chi connectivity index (χ3v) is 3.47. The van der Waals surface area contributed by atoms with Crippen molar-refractivity contribution in [2.75, 3.05) is 31.2 Å². The van der Waals surface area contributed by atoms with Crippen LogP contribution in [0, 0.1) is 6.92 Å². The number of morpholine rings is 1. The van der Waals surface area contributed by atoms with Crippen LogP contribution in [-0.2, 0) is 4.74 Å². The van der Waals surface area contributed by atoms with Crippen molar-refractivity contribution in [3.05, 3.63) is 42.0 Å². The Morgan fingerprint density at radius 2 is 1.65 bits per heavy atom. The molecule has 0 N–H and O–H groups in total. The van der Waals surface area contributed by atoms with Crippen molar-refractivity contribution >= 4 is 16.5 Å². The molecule has 0 aliphatic carbocycles. The van der Waals surface area contributed by atoms with Gasteiger partial charge < -0.3 is 9.64 Å². The molecule has 2 aromatic carbocycles. The van der Waals surface area contributed by atoms with Crippen molar-refractivity contribution in [3.63, 3.8) is 0 Å². The van der Waals surface area contributed by atoms with E-state index in [1.807, 2.05) is 0 Å². The molecule has 2 heteroatoms. The molecule has 0 unspecified atom stereocenters. The Bertz CT molecular complexity index is 529. The van der Waals surface area contributed by atoms with Crippen LogP contribution >= 0.6 is 0 Å². The normalized spacial score (nSPS) is 16.4. The van der Waals surface area contributed by atoms with E-state index in [2.05, 4.69) is 48.2 Å². The third kappa shape index (κ3) is 1.89. The summed E-state index contributed by atoms with van der Waals surface area (Å²) in [6, 6.07) is 13.1. The summed E-state index contributed by atoms with van der Waals surface area (Å²) in [6.07, 6.45) is 0. The van der Waals surface area contributed by atoms with E-state index in [9.17, 15) is 0 Å². The minimum atomic E-state index is 0.836. The lowest BCUT2D eigenvalue weighted by molar-refractivity contribution is 0.123. The summed E-state index contributed by atoms with van der Waals surface area (Å²) in [6.45, 7) is 5.83. The highest BCUT2D eigenvalue weighted by Crippen LogP contribution is 2.29. The van der Waals surface area contributed by atoms with Gasteiger partial charge in [-0.05, 0) is 23.9 Å². The lowest BCUT2D eigenvalue weighted by atomic mass is 10.0. The molecule has 0 amide bonds. The molecule has 2 aromatic rings.